The lowest BCUT2D eigenvalue weighted by Gasteiger charge is -2.17. The van der Waals surface area contributed by atoms with Gasteiger partial charge in [0, 0.05) is 30.9 Å². The zero-order chi connectivity index (χ0) is 20.8. The van der Waals surface area contributed by atoms with Crippen molar-refractivity contribution in [2.45, 2.75) is 20.8 Å². The van der Waals surface area contributed by atoms with Gasteiger partial charge in [-0.3, -0.25) is 19.7 Å². The first kappa shape index (κ1) is 20.8. The summed E-state index contributed by atoms with van der Waals surface area (Å²) in [6.07, 6.45) is 2.77. The first-order valence-corrected chi connectivity index (χ1v) is 8.72. The molecule has 2 rings (SSSR count). The summed E-state index contributed by atoms with van der Waals surface area (Å²) < 4.78 is 0. The lowest BCUT2D eigenvalue weighted by atomic mass is 10.1. The average molecular weight is 381 g/mol. The molecule has 2 aromatic rings. The Morgan fingerprint density at radius 1 is 1.14 bits per heavy atom. The number of anilines is 1. The third-order valence-electron chi connectivity index (χ3n) is 4.20. The fourth-order valence-electron chi connectivity index (χ4n) is 2.89. The molecule has 0 bridgehead atoms. The Hall–Kier alpha value is -3.48. The van der Waals surface area contributed by atoms with E-state index in [4.69, 9.17) is 0 Å². The molecule has 0 aromatic heterocycles. The van der Waals surface area contributed by atoms with E-state index in [0.29, 0.717) is 5.56 Å². The van der Waals surface area contributed by atoms with E-state index in [1.165, 1.54) is 36.2 Å². The Bertz CT molecular complexity index is 927. The van der Waals surface area contributed by atoms with Crippen molar-refractivity contribution in [3.05, 3.63) is 74.8 Å². The van der Waals surface area contributed by atoms with Crippen LogP contribution in [0.15, 0.2) is 42.5 Å². The van der Waals surface area contributed by atoms with Crippen LogP contribution < -0.4 is 5.32 Å². The highest BCUT2D eigenvalue weighted by Gasteiger charge is 2.13. The van der Waals surface area contributed by atoms with Gasteiger partial charge in [0.15, 0.2) is 0 Å². The maximum atomic E-state index is 12.3. The SMILES string of the molecule is Cc1cc(C)c(NC(=O)CN(C)C(=O)/C=C/c2cccc([N+](=O)[O-])c2)c(C)c1. The van der Waals surface area contributed by atoms with Gasteiger partial charge < -0.3 is 10.2 Å². The average Bonchev–Trinajstić information content (AvgIpc) is 2.62. The van der Waals surface area contributed by atoms with Crippen LogP contribution in [0.25, 0.3) is 6.08 Å². The summed E-state index contributed by atoms with van der Waals surface area (Å²) in [6.45, 7) is 5.73. The topological polar surface area (TPSA) is 92.6 Å². The highest BCUT2D eigenvalue weighted by molar-refractivity contribution is 5.98. The van der Waals surface area contributed by atoms with E-state index in [2.05, 4.69) is 5.32 Å². The summed E-state index contributed by atoms with van der Waals surface area (Å²) in [4.78, 5) is 36.1. The van der Waals surface area contributed by atoms with E-state index >= 15 is 0 Å². The standard InChI is InChI=1S/C21H23N3O4/c1-14-10-15(2)21(16(3)11-14)22-19(25)13-23(4)20(26)9-8-17-6-5-7-18(12-17)24(27)28/h5-12H,13H2,1-4H3,(H,22,25)/b9-8+. The third-order valence-corrected chi connectivity index (χ3v) is 4.20. The van der Waals surface area contributed by atoms with Gasteiger partial charge >= 0.3 is 0 Å². The third kappa shape index (κ3) is 5.51. The number of aryl methyl sites for hydroxylation is 3. The molecule has 0 radical (unpaired) electrons. The molecule has 0 saturated carbocycles. The molecule has 0 saturated heterocycles. The molecular formula is C21H23N3O4. The number of likely N-dealkylation sites (N-methyl/N-ethyl adjacent to an activating group) is 1. The second-order valence-corrected chi connectivity index (χ2v) is 6.70. The van der Waals surface area contributed by atoms with Crippen molar-refractivity contribution in [1.82, 2.24) is 4.90 Å². The van der Waals surface area contributed by atoms with Gasteiger partial charge in [-0.2, -0.15) is 0 Å². The minimum absolute atomic E-state index is 0.0498. The van der Waals surface area contributed by atoms with Crippen molar-refractivity contribution in [2.75, 3.05) is 18.9 Å². The number of nitrogens with zero attached hydrogens (tertiary/aromatic N) is 2. The Morgan fingerprint density at radius 3 is 2.39 bits per heavy atom. The maximum absolute atomic E-state index is 12.3. The second-order valence-electron chi connectivity index (χ2n) is 6.70. The molecule has 7 heteroatoms. The quantitative estimate of drug-likeness (QED) is 0.470. The van der Waals surface area contributed by atoms with Crippen LogP contribution in [-0.4, -0.2) is 35.2 Å². The summed E-state index contributed by atoms with van der Waals surface area (Å²) in [6, 6.07) is 9.93. The van der Waals surface area contributed by atoms with Crippen LogP contribution in [0.4, 0.5) is 11.4 Å². The maximum Gasteiger partial charge on any atom is 0.270 e. The number of hydrogen-bond donors (Lipinski definition) is 1. The van der Waals surface area contributed by atoms with Gasteiger partial charge in [0.25, 0.3) is 5.69 Å². The number of benzene rings is 2. The van der Waals surface area contributed by atoms with E-state index in [1.807, 2.05) is 32.9 Å². The fourth-order valence-corrected chi connectivity index (χ4v) is 2.89. The molecule has 146 valence electrons. The Kier molecular flexibility index (Phi) is 6.65. The number of hydrogen-bond acceptors (Lipinski definition) is 4. The van der Waals surface area contributed by atoms with Crippen molar-refractivity contribution in [3.8, 4) is 0 Å². The zero-order valence-corrected chi connectivity index (χ0v) is 16.4. The minimum atomic E-state index is -0.495. The van der Waals surface area contributed by atoms with Crippen molar-refractivity contribution < 1.29 is 14.5 Å². The van der Waals surface area contributed by atoms with Crippen molar-refractivity contribution in [2.24, 2.45) is 0 Å². The highest BCUT2D eigenvalue weighted by atomic mass is 16.6. The Balaban J connectivity index is 1.99. The van der Waals surface area contributed by atoms with Gasteiger partial charge in [-0.1, -0.05) is 29.8 Å². The fraction of sp³-hybridized carbons (Fsp3) is 0.238. The van der Waals surface area contributed by atoms with Crippen LogP contribution >= 0.6 is 0 Å². The van der Waals surface area contributed by atoms with Gasteiger partial charge in [0.1, 0.15) is 0 Å². The number of non-ortho nitro benzene ring substituents is 1. The summed E-state index contributed by atoms with van der Waals surface area (Å²) in [5.41, 5.74) is 4.28. The van der Waals surface area contributed by atoms with Crippen LogP contribution in [0, 0.1) is 30.9 Å². The normalized spacial score (nSPS) is 10.7. The van der Waals surface area contributed by atoms with E-state index in [1.54, 1.807) is 12.1 Å². The summed E-state index contributed by atoms with van der Waals surface area (Å²) >= 11 is 0. The summed E-state index contributed by atoms with van der Waals surface area (Å²) in [5.74, 6) is -0.673. The number of nitrogens with one attached hydrogen (secondary N) is 1. The van der Waals surface area contributed by atoms with Gasteiger partial charge in [0.05, 0.1) is 11.5 Å². The minimum Gasteiger partial charge on any atom is -0.333 e. The molecule has 0 aliphatic carbocycles. The second kappa shape index (κ2) is 8.94. The Labute approximate surface area is 163 Å². The molecule has 2 amide bonds. The molecule has 0 aliphatic rings. The molecule has 0 fully saturated rings. The molecule has 0 aliphatic heterocycles. The monoisotopic (exact) mass is 381 g/mol. The lowest BCUT2D eigenvalue weighted by molar-refractivity contribution is -0.384. The molecule has 0 unspecified atom stereocenters. The molecule has 7 nitrogen and oxygen atoms in total. The predicted molar refractivity (Wildman–Crippen MR) is 109 cm³/mol. The number of rotatable bonds is 6. The number of amides is 2. The number of carbonyl (C=O) groups is 2. The molecule has 0 heterocycles. The van der Waals surface area contributed by atoms with Gasteiger partial charge in [0.2, 0.25) is 11.8 Å². The summed E-state index contributed by atoms with van der Waals surface area (Å²) in [5, 5.41) is 13.7. The molecule has 0 spiro atoms. The number of nitro groups is 1. The number of carbonyl (C=O) groups excluding carboxylic acids is 2. The van der Waals surface area contributed by atoms with Crippen LogP contribution in [0.5, 0.6) is 0 Å². The van der Waals surface area contributed by atoms with Crippen molar-refractivity contribution in [1.29, 1.82) is 0 Å². The highest BCUT2D eigenvalue weighted by Crippen LogP contribution is 2.21. The summed E-state index contributed by atoms with van der Waals surface area (Å²) in [7, 11) is 1.52. The van der Waals surface area contributed by atoms with Crippen LogP contribution in [-0.2, 0) is 9.59 Å². The van der Waals surface area contributed by atoms with E-state index in [9.17, 15) is 19.7 Å². The number of nitro benzene ring substituents is 1. The van der Waals surface area contributed by atoms with Crippen molar-refractivity contribution >= 4 is 29.3 Å². The van der Waals surface area contributed by atoms with Crippen LogP contribution in [0.3, 0.4) is 0 Å². The molecular weight excluding hydrogens is 358 g/mol. The molecule has 1 N–H and O–H groups in total. The molecule has 28 heavy (non-hydrogen) atoms. The first-order valence-electron chi connectivity index (χ1n) is 8.72. The van der Waals surface area contributed by atoms with Gasteiger partial charge in [-0.05, 0) is 43.5 Å². The van der Waals surface area contributed by atoms with Gasteiger partial charge in [-0.15, -0.1) is 0 Å². The molecule has 0 atom stereocenters. The van der Waals surface area contributed by atoms with Crippen LogP contribution in [0.2, 0.25) is 0 Å². The van der Waals surface area contributed by atoms with E-state index in [-0.39, 0.29) is 24.0 Å². The Morgan fingerprint density at radius 2 is 1.79 bits per heavy atom. The molecule has 2 aromatic carbocycles. The largest absolute Gasteiger partial charge is 0.333 e. The van der Waals surface area contributed by atoms with Crippen LogP contribution in [0.1, 0.15) is 22.3 Å². The zero-order valence-electron chi connectivity index (χ0n) is 16.4. The smallest absolute Gasteiger partial charge is 0.270 e. The van der Waals surface area contributed by atoms with Crippen molar-refractivity contribution in [3.63, 3.8) is 0 Å². The lowest BCUT2D eigenvalue weighted by Crippen LogP contribution is -2.34. The van der Waals surface area contributed by atoms with E-state index in [0.717, 1.165) is 22.4 Å². The first-order chi connectivity index (χ1) is 13.2. The van der Waals surface area contributed by atoms with E-state index < -0.39 is 4.92 Å². The predicted octanol–water partition coefficient (Wildman–Crippen LogP) is 3.63. The van der Waals surface area contributed by atoms with Gasteiger partial charge in [-0.25, -0.2) is 0 Å².